The smallest absolute Gasteiger partial charge is 0.337 e. The van der Waals surface area contributed by atoms with Crippen molar-refractivity contribution in [3.8, 4) is 5.69 Å². The van der Waals surface area contributed by atoms with Crippen LogP contribution in [-0.2, 0) is 6.42 Å². The second kappa shape index (κ2) is 4.64. The van der Waals surface area contributed by atoms with Crippen LogP contribution in [0.5, 0.6) is 0 Å². The van der Waals surface area contributed by atoms with E-state index in [2.05, 4.69) is 12.0 Å². The first-order chi connectivity index (χ1) is 8.56. The van der Waals surface area contributed by atoms with Gasteiger partial charge in [-0.3, -0.25) is 0 Å². The van der Waals surface area contributed by atoms with Gasteiger partial charge < -0.3 is 5.11 Å². The quantitative estimate of drug-likeness (QED) is 0.903. The Hall–Kier alpha value is -2.10. The molecule has 1 N–H and O–H groups in total. The average molecular weight is 244 g/mol. The van der Waals surface area contributed by atoms with Gasteiger partial charge >= 0.3 is 5.97 Å². The largest absolute Gasteiger partial charge is 0.478 e. The van der Waals surface area contributed by atoms with Crippen molar-refractivity contribution >= 4 is 5.97 Å². The van der Waals surface area contributed by atoms with Gasteiger partial charge in [-0.2, -0.15) is 5.10 Å². The van der Waals surface area contributed by atoms with Crippen LogP contribution < -0.4 is 0 Å². The molecule has 4 heteroatoms. The first kappa shape index (κ1) is 12.4. The van der Waals surface area contributed by atoms with E-state index in [4.69, 9.17) is 0 Å². The molecule has 2 aromatic rings. The van der Waals surface area contributed by atoms with Crippen LogP contribution in [0.25, 0.3) is 5.69 Å². The lowest BCUT2D eigenvalue weighted by atomic mass is 10.1. The standard InChI is InChI=1S/C14H16N2O2/c1-4-11-9(2)15-16(10(11)3)13-8-6-5-7-12(13)14(17)18/h5-8H,4H2,1-3H3,(H,17,18). The predicted molar refractivity (Wildman–Crippen MR) is 69.4 cm³/mol. The topological polar surface area (TPSA) is 55.1 Å². The molecule has 0 aliphatic heterocycles. The van der Waals surface area contributed by atoms with Gasteiger partial charge in [-0.25, -0.2) is 9.48 Å². The highest BCUT2D eigenvalue weighted by molar-refractivity contribution is 5.91. The van der Waals surface area contributed by atoms with E-state index in [0.29, 0.717) is 5.69 Å². The fraction of sp³-hybridized carbons (Fsp3) is 0.286. The van der Waals surface area contributed by atoms with Crippen molar-refractivity contribution in [1.29, 1.82) is 0 Å². The van der Waals surface area contributed by atoms with E-state index >= 15 is 0 Å². The molecule has 0 spiro atoms. The third kappa shape index (κ3) is 1.90. The molecular formula is C14H16N2O2. The van der Waals surface area contributed by atoms with E-state index in [-0.39, 0.29) is 5.56 Å². The molecule has 0 unspecified atom stereocenters. The summed E-state index contributed by atoms with van der Waals surface area (Å²) in [4.78, 5) is 11.2. The Morgan fingerprint density at radius 3 is 2.56 bits per heavy atom. The fourth-order valence-corrected chi connectivity index (χ4v) is 2.26. The molecule has 94 valence electrons. The second-order valence-corrected chi connectivity index (χ2v) is 4.24. The van der Waals surface area contributed by atoms with Gasteiger partial charge in [0, 0.05) is 5.69 Å². The van der Waals surface area contributed by atoms with E-state index < -0.39 is 5.97 Å². The monoisotopic (exact) mass is 244 g/mol. The van der Waals surface area contributed by atoms with Gasteiger partial charge in [0.25, 0.3) is 0 Å². The number of carboxylic acids is 1. The van der Waals surface area contributed by atoms with Crippen molar-refractivity contribution in [2.75, 3.05) is 0 Å². The lowest BCUT2D eigenvalue weighted by Crippen LogP contribution is -2.07. The predicted octanol–water partition coefficient (Wildman–Crippen LogP) is 2.75. The highest BCUT2D eigenvalue weighted by atomic mass is 16.4. The SMILES string of the molecule is CCc1c(C)nn(-c2ccccc2C(=O)O)c1C. The number of hydrogen-bond donors (Lipinski definition) is 1. The molecule has 1 heterocycles. The van der Waals surface area contributed by atoms with Crippen LogP contribution in [-0.4, -0.2) is 20.9 Å². The van der Waals surface area contributed by atoms with Crippen LogP contribution >= 0.6 is 0 Å². The zero-order valence-corrected chi connectivity index (χ0v) is 10.8. The Labute approximate surface area is 106 Å². The van der Waals surface area contributed by atoms with Crippen molar-refractivity contribution in [3.63, 3.8) is 0 Å². The van der Waals surface area contributed by atoms with Crippen molar-refractivity contribution in [2.24, 2.45) is 0 Å². The van der Waals surface area contributed by atoms with E-state index in [1.165, 1.54) is 5.56 Å². The number of aryl methyl sites for hydroxylation is 1. The average Bonchev–Trinajstić information content (AvgIpc) is 2.64. The molecule has 0 atom stereocenters. The highest BCUT2D eigenvalue weighted by Crippen LogP contribution is 2.21. The number of aromatic carboxylic acids is 1. The normalized spacial score (nSPS) is 10.6. The van der Waals surface area contributed by atoms with Gasteiger partial charge in [-0.15, -0.1) is 0 Å². The van der Waals surface area contributed by atoms with Crippen LogP contribution in [0.1, 0.15) is 34.2 Å². The summed E-state index contributed by atoms with van der Waals surface area (Å²) < 4.78 is 1.72. The lowest BCUT2D eigenvalue weighted by Gasteiger charge is -2.08. The van der Waals surface area contributed by atoms with Gasteiger partial charge in [0.05, 0.1) is 16.9 Å². The van der Waals surface area contributed by atoms with Crippen molar-refractivity contribution in [2.45, 2.75) is 27.2 Å². The number of para-hydroxylation sites is 1. The lowest BCUT2D eigenvalue weighted by molar-refractivity contribution is 0.0696. The number of aromatic nitrogens is 2. The molecule has 18 heavy (non-hydrogen) atoms. The first-order valence-electron chi connectivity index (χ1n) is 5.94. The van der Waals surface area contributed by atoms with Crippen LogP contribution in [0.4, 0.5) is 0 Å². The first-order valence-corrected chi connectivity index (χ1v) is 5.94. The van der Waals surface area contributed by atoms with E-state index in [1.807, 2.05) is 19.9 Å². The number of carbonyl (C=O) groups is 1. The molecule has 1 aromatic heterocycles. The maximum atomic E-state index is 11.2. The Bertz CT molecular complexity index is 600. The summed E-state index contributed by atoms with van der Waals surface area (Å²) in [5.74, 6) is -0.934. The number of carboxylic acid groups (broad SMARTS) is 1. The minimum absolute atomic E-state index is 0.269. The number of hydrogen-bond acceptors (Lipinski definition) is 2. The molecule has 0 bridgehead atoms. The molecule has 0 amide bonds. The minimum Gasteiger partial charge on any atom is -0.478 e. The Balaban J connectivity index is 2.66. The van der Waals surface area contributed by atoms with Gasteiger partial charge in [-0.1, -0.05) is 19.1 Å². The summed E-state index contributed by atoms with van der Waals surface area (Å²) in [6.45, 7) is 5.99. The highest BCUT2D eigenvalue weighted by Gasteiger charge is 2.16. The molecule has 1 aromatic carbocycles. The molecule has 0 aliphatic carbocycles. The van der Waals surface area contributed by atoms with E-state index in [1.54, 1.807) is 22.9 Å². The van der Waals surface area contributed by atoms with Crippen LogP contribution in [0, 0.1) is 13.8 Å². The molecular weight excluding hydrogens is 228 g/mol. The number of nitrogens with zero attached hydrogens (tertiary/aromatic N) is 2. The van der Waals surface area contributed by atoms with Crippen LogP contribution in [0.3, 0.4) is 0 Å². The van der Waals surface area contributed by atoms with E-state index in [0.717, 1.165) is 17.8 Å². The van der Waals surface area contributed by atoms with Crippen LogP contribution in [0.15, 0.2) is 24.3 Å². The fourth-order valence-electron chi connectivity index (χ4n) is 2.26. The zero-order valence-electron chi connectivity index (χ0n) is 10.8. The molecule has 0 saturated carbocycles. The molecule has 0 radical (unpaired) electrons. The molecule has 0 saturated heterocycles. The summed E-state index contributed by atoms with van der Waals surface area (Å²) in [6, 6.07) is 6.92. The van der Waals surface area contributed by atoms with Gasteiger partial charge in [0.2, 0.25) is 0 Å². The maximum absolute atomic E-state index is 11.2. The molecule has 4 nitrogen and oxygen atoms in total. The third-order valence-electron chi connectivity index (χ3n) is 3.16. The van der Waals surface area contributed by atoms with Crippen molar-refractivity contribution in [1.82, 2.24) is 9.78 Å². The Morgan fingerprint density at radius 2 is 2.00 bits per heavy atom. The molecule has 2 rings (SSSR count). The van der Waals surface area contributed by atoms with Crippen LogP contribution in [0.2, 0.25) is 0 Å². The molecule has 0 fully saturated rings. The zero-order chi connectivity index (χ0) is 13.3. The van der Waals surface area contributed by atoms with Crippen molar-refractivity contribution < 1.29 is 9.90 Å². The third-order valence-corrected chi connectivity index (χ3v) is 3.16. The Morgan fingerprint density at radius 1 is 1.33 bits per heavy atom. The number of rotatable bonds is 3. The van der Waals surface area contributed by atoms with Gasteiger partial charge in [0.1, 0.15) is 0 Å². The molecule has 0 aliphatic rings. The van der Waals surface area contributed by atoms with Gasteiger partial charge in [0.15, 0.2) is 0 Å². The summed E-state index contributed by atoms with van der Waals surface area (Å²) in [6.07, 6.45) is 0.896. The van der Waals surface area contributed by atoms with Crippen molar-refractivity contribution in [3.05, 3.63) is 46.8 Å². The minimum atomic E-state index is -0.934. The van der Waals surface area contributed by atoms with Gasteiger partial charge in [-0.05, 0) is 38.0 Å². The summed E-state index contributed by atoms with van der Waals surface area (Å²) in [5, 5.41) is 13.7. The Kier molecular flexibility index (Phi) is 3.19. The number of benzene rings is 1. The maximum Gasteiger partial charge on any atom is 0.337 e. The second-order valence-electron chi connectivity index (χ2n) is 4.24. The summed E-state index contributed by atoms with van der Waals surface area (Å²) in [5.41, 5.74) is 4.02. The summed E-state index contributed by atoms with van der Waals surface area (Å²) >= 11 is 0. The van der Waals surface area contributed by atoms with E-state index in [9.17, 15) is 9.90 Å². The summed E-state index contributed by atoms with van der Waals surface area (Å²) in [7, 11) is 0.